The van der Waals surface area contributed by atoms with Gasteiger partial charge in [-0.1, -0.05) is 25.1 Å². The van der Waals surface area contributed by atoms with E-state index in [2.05, 4.69) is 5.32 Å². The van der Waals surface area contributed by atoms with Crippen molar-refractivity contribution in [3.05, 3.63) is 41.6 Å². The van der Waals surface area contributed by atoms with E-state index in [0.717, 1.165) is 5.69 Å². The van der Waals surface area contributed by atoms with E-state index in [-0.39, 0.29) is 22.1 Å². The third kappa shape index (κ3) is 3.99. The average molecular weight is 378 g/mol. The maximum Gasteiger partial charge on any atom is 0.225 e. The van der Waals surface area contributed by atoms with Gasteiger partial charge in [0, 0.05) is 32.4 Å². The number of rotatable bonds is 8. The summed E-state index contributed by atoms with van der Waals surface area (Å²) in [5.74, 6) is 0.117. The van der Waals surface area contributed by atoms with Crippen LogP contribution in [0.25, 0.3) is 0 Å². The number of hydrogen-bond donors (Lipinski definition) is 1. The number of carbonyl (C=O) groups is 1. The minimum atomic E-state index is -3.75. The second-order valence-electron chi connectivity index (χ2n) is 6.10. The zero-order valence-electron chi connectivity index (χ0n) is 15.7. The number of nitrogens with one attached hydrogen (secondary N) is 1. The van der Waals surface area contributed by atoms with Crippen molar-refractivity contribution < 1.29 is 17.9 Å². The van der Waals surface area contributed by atoms with E-state index in [0.29, 0.717) is 31.0 Å². The summed E-state index contributed by atoms with van der Waals surface area (Å²) >= 11 is 0. The molecule has 0 radical (unpaired) electrons. The highest BCUT2D eigenvalue weighted by molar-refractivity contribution is 7.91. The number of nitrogens with zero attached hydrogens (tertiary/aromatic N) is 1. The Morgan fingerprint density at radius 2 is 1.85 bits per heavy atom. The number of sulfone groups is 1. The molecular formula is C19H26N2O4S. The van der Waals surface area contributed by atoms with E-state index in [1.54, 1.807) is 51.3 Å². The minimum absolute atomic E-state index is 0.167. The highest BCUT2D eigenvalue weighted by Gasteiger charge is 2.30. The number of aromatic nitrogens is 1. The van der Waals surface area contributed by atoms with Crippen LogP contribution in [-0.2, 0) is 25.9 Å². The fourth-order valence-corrected chi connectivity index (χ4v) is 4.59. The largest absolute Gasteiger partial charge is 0.385 e. The standard InChI is InChI=1S/C19H26N2O4S/c1-5-17(22)20-19-18(26(23,24)16-10-7-6-8-11-16)14(2)15(3)21(19)12-9-13-25-4/h6-8,10-11H,5,9,12-13H2,1-4H3,(H,20,22). The molecule has 0 saturated heterocycles. The maximum absolute atomic E-state index is 13.3. The zero-order chi connectivity index (χ0) is 19.3. The Balaban J connectivity index is 2.64. The molecule has 1 aromatic heterocycles. The van der Waals surface area contributed by atoms with Crippen LogP contribution in [0.1, 0.15) is 31.0 Å². The van der Waals surface area contributed by atoms with Gasteiger partial charge in [-0.15, -0.1) is 0 Å². The Morgan fingerprint density at radius 3 is 2.42 bits per heavy atom. The van der Waals surface area contributed by atoms with Crippen molar-refractivity contribution >= 4 is 21.6 Å². The fourth-order valence-electron chi connectivity index (χ4n) is 2.87. The normalized spacial score (nSPS) is 11.5. The number of methoxy groups -OCH3 is 1. The van der Waals surface area contributed by atoms with Gasteiger partial charge in [0.1, 0.15) is 10.7 Å². The molecule has 0 fully saturated rings. The maximum atomic E-state index is 13.3. The summed E-state index contributed by atoms with van der Waals surface area (Å²) in [6.45, 7) is 6.49. The molecular weight excluding hydrogens is 352 g/mol. The first-order chi connectivity index (χ1) is 12.3. The molecule has 1 heterocycles. The third-order valence-corrected chi connectivity index (χ3v) is 6.33. The number of anilines is 1. The molecule has 1 amide bonds. The van der Waals surface area contributed by atoms with Crippen LogP contribution in [0.2, 0.25) is 0 Å². The predicted molar refractivity (Wildman–Crippen MR) is 101 cm³/mol. The SMILES string of the molecule is CCC(=O)Nc1c(S(=O)(=O)c2ccccc2)c(C)c(C)n1CCCOC. The quantitative estimate of drug-likeness (QED) is 0.715. The van der Waals surface area contributed by atoms with Crippen molar-refractivity contribution in [3.8, 4) is 0 Å². The van der Waals surface area contributed by atoms with E-state index in [4.69, 9.17) is 4.74 Å². The van der Waals surface area contributed by atoms with Crippen molar-refractivity contribution in [3.63, 3.8) is 0 Å². The van der Waals surface area contributed by atoms with Crippen LogP contribution >= 0.6 is 0 Å². The molecule has 0 spiro atoms. The lowest BCUT2D eigenvalue weighted by atomic mass is 10.3. The van der Waals surface area contributed by atoms with Gasteiger partial charge in [-0.05, 0) is 38.0 Å². The number of amides is 1. The second kappa shape index (κ2) is 8.51. The Kier molecular flexibility index (Phi) is 6.61. The molecule has 142 valence electrons. The van der Waals surface area contributed by atoms with Gasteiger partial charge in [-0.25, -0.2) is 8.42 Å². The number of carbonyl (C=O) groups excluding carboxylic acids is 1. The first kappa shape index (κ1) is 20.2. The second-order valence-corrected chi connectivity index (χ2v) is 7.99. The molecule has 0 aliphatic heterocycles. The third-order valence-electron chi connectivity index (χ3n) is 4.40. The lowest BCUT2D eigenvalue weighted by Crippen LogP contribution is -2.17. The summed E-state index contributed by atoms with van der Waals surface area (Å²) in [5.41, 5.74) is 1.47. The van der Waals surface area contributed by atoms with Gasteiger partial charge in [0.2, 0.25) is 15.7 Å². The monoisotopic (exact) mass is 378 g/mol. The van der Waals surface area contributed by atoms with E-state index < -0.39 is 9.84 Å². The van der Waals surface area contributed by atoms with Gasteiger partial charge in [0.05, 0.1) is 4.90 Å². The first-order valence-electron chi connectivity index (χ1n) is 8.63. The average Bonchev–Trinajstić information content (AvgIpc) is 2.87. The number of benzene rings is 1. The van der Waals surface area contributed by atoms with Crippen molar-refractivity contribution in [2.45, 2.75) is 49.9 Å². The molecule has 0 atom stereocenters. The highest BCUT2D eigenvalue weighted by atomic mass is 32.2. The Morgan fingerprint density at radius 1 is 1.19 bits per heavy atom. The lowest BCUT2D eigenvalue weighted by Gasteiger charge is -2.14. The van der Waals surface area contributed by atoms with Crippen LogP contribution in [0.5, 0.6) is 0 Å². The Bertz CT molecular complexity index is 871. The van der Waals surface area contributed by atoms with E-state index in [9.17, 15) is 13.2 Å². The van der Waals surface area contributed by atoms with Crippen molar-refractivity contribution in [1.29, 1.82) is 0 Å². The molecule has 6 nitrogen and oxygen atoms in total. The highest BCUT2D eigenvalue weighted by Crippen LogP contribution is 2.35. The van der Waals surface area contributed by atoms with Crippen LogP contribution in [0.4, 0.5) is 5.82 Å². The number of hydrogen-bond acceptors (Lipinski definition) is 4. The zero-order valence-corrected chi connectivity index (χ0v) is 16.5. The van der Waals surface area contributed by atoms with Gasteiger partial charge >= 0.3 is 0 Å². The van der Waals surface area contributed by atoms with Gasteiger partial charge in [-0.2, -0.15) is 0 Å². The van der Waals surface area contributed by atoms with Crippen LogP contribution in [0, 0.1) is 13.8 Å². The molecule has 7 heteroatoms. The molecule has 0 aliphatic carbocycles. The number of ether oxygens (including phenoxy) is 1. The molecule has 26 heavy (non-hydrogen) atoms. The lowest BCUT2D eigenvalue weighted by molar-refractivity contribution is -0.115. The van der Waals surface area contributed by atoms with Crippen LogP contribution < -0.4 is 5.32 Å². The molecule has 0 bridgehead atoms. The van der Waals surface area contributed by atoms with Crippen LogP contribution in [-0.4, -0.2) is 32.6 Å². The molecule has 0 unspecified atom stereocenters. The Labute approximate surface area is 155 Å². The Hall–Kier alpha value is -2.12. The fraction of sp³-hybridized carbons (Fsp3) is 0.421. The van der Waals surface area contributed by atoms with Crippen molar-refractivity contribution in [2.75, 3.05) is 19.0 Å². The van der Waals surface area contributed by atoms with E-state index in [1.165, 1.54) is 0 Å². The smallest absolute Gasteiger partial charge is 0.225 e. The minimum Gasteiger partial charge on any atom is -0.385 e. The molecule has 2 rings (SSSR count). The topological polar surface area (TPSA) is 77.4 Å². The van der Waals surface area contributed by atoms with Crippen molar-refractivity contribution in [1.82, 2.24) is 4.57 Å². The molecule has 0 saturated carbocycles. The first-order valence-corrected chi connectivity index (χ1v) is 10.1. The van der Waals surface area contributed by atoms with Crippen molar-refractivity contribution in [2.24, 2.45) is 0 Å². The molecule has 1 aromatic carbocycles. The summed E-state index contributed by atoms with van der Waals surface area (Å²) in [7, 11) is -2.13. The van der Waals surface area contributed by atoms with Gasteiger partial charge in [0.15, 0.2) is 0 Å². The summed E-state index contributed by atoms with van der Waals surface area (Å²) in [5, 5.41) is 2.80. The molecule has 2 aromatic rings. The summed E-state index contributed by atoms with van der Waals surface area (Å²) in [6, 6.07) is 8.28. The van der Waals surface area contributed by atoms with Crippen LogP contribution in [0.15, 0.2) is 40.1 Å². The van der Waals surface area contributed by atoms with E-state index >= 15 is 0 Å². The summed E-state index contributed by atoms with van der Waals surface area (Å²) in [6.07, 6.45) is 0.984. The van der Waals surface area contributed by atoms with Crippen LogP contribution in [0.3, 0.4) is 0 Å². The molecule has 1 N–H and O–H groups in total. The summed E-state index contributed by atoms with van der Waals surface area (Å²) in [4.78, 5) is 12.4. The molecule has 0 aliphatic rings. The van der Waals surface area contributed by atoms with Gasteiger partial charge < -0.3 is 14.6 Å². The predicted octanol–water partition coefficient (Wildman–Crippen LogP) is 3.32. The van der Waals surface area contributed by atoms with Gasteiger partial charge in [0.25, 0.3) is 0 Å². The summed E-state index contributed by atoms with van der Waals surface area (Å²) < 4.78 is 33.5. The van der Waals surface area contributed by atoms with E-state index in [1.807, 2.05) is 11.5 Å². The van der Waals surface area contributed by atoms with Gasteiger partial charge in [-0.3, -0.25) is 4.79 Å².